The summed E-state index contributed by atoms with van der Waals surface area (Å²) in [6, 6.07) is 8.63. The van der Waals surface area contributed by atoms with Crippen molar-refractivity contribution in [2.45, 2.75) is 40.3 Å². The van der Waals surface area contributed by atoms with E-state index in [0.717, 1.165) is 24.3 Å². The number of pyridine rings is 1. The summed E-state index contributed by atoms with van der Waals surface area (Å²) in [5.41, 5.74) is 4.81. The lowest BCUT2D eigenvalue weighted by atomic mass is 10.1. The number of nitrogens with zero attached hydrogens (tertiary/aromatic N) is 2. The van der Waals surface area contributed by atoms with E-state index in [4.69, 9.17) is 0 Å². The number of hydrogen-bond donors (Lipinski definition) is 1. The molecule has 0 unspecified atom stereocenters. The molecule has 120 valence electrons. The van der Waals surface area contributed by atoms with E-state index in [1.807, 2.05) is 6.20 Å². The lowest BCUT2D eigenvalue weighted by Crippen LogP contribution is -2.02. The Bertz CT molecular complexity index is 819. The van der Waals surface area contributed by atoms with E-state index in [0.29, 0.717) is 6.54 Å². The van der Waals surface area contributed by atoms with Crippen molar-refractivity contribution in [3.8, 4) is 0 Å². The minimum atomic E-state index is -0.211. The van der Waals surface area contributed by atoms with Crippen molar-refractivity contribution >= 4 is 16.7 Å². The Morgan fingerprint density at radius 3 is 2.57 bits per heavy atom. The van der Waals surface area contributed by atoms with Crippen molar-refractivity contribution in [1.82, 2.24) is 9.55 Å². The van der Waals surface area contributed by atoms with Gasteiger partial charge in [0.25, 0.3) is 0 Å². The number of fused-ring (bicyclic) bond motifs is 1. The SMILES string of the molecule is CCCn1c(C)c(C)c2c(NCc3ccc(F)cc3)nccc21. The fourth-order valence-corrected chi connectivity index (χ4v) is 3.04. The van der Waals surface area contributed by atoms with Gasteiger partial charge in [-0.25, -0.2) is 9.37 Å². The van der Waals surface area contributed by atoms with Gasteiger partial charge in [-0.1, -0.05) is 19.1 Å². The summed E-state index contributed by atoms with van der Waals surface area (Å²) in [6.07, 6.45) is 2.95. The zero-order valence-corrected chi connectivity index (χ0v) is 13.9. The molecular weight excluding hydrogens is 289 g/mol. The molecule has 0 amide bonds. The molecule has 2 heterocycles. The first kappa shape index (κ1) is 15.5. The molecule has 0 aliphatic rings. The van der Waals surface area contributed by atoms with E-state index in [2.05, 4.69) is 41.7 Å². The molecule has 0 saturated carbocycles. The smallest absolute Gasteiger partial charge is 0.135 e. The number of aromatic nitrogens is 2. The van der Waals surface area contributed by atoms with Gasteiger partial charge in [-0.15, -0.1) is 0 Å². The molecule has 0 saturated heterocycles. The van der Waals surface area contributed by atoms with Crippen LogP contribution in [0.15, 0.2) is 36.5 Å². The van der Waals surface area contributed by atoms with E-state index in [-0.39, 0.29) is 5.82 Å². The van der Waals surface area contributed by atoms with Crippen LogP contribution in [-0.4, -0.2) is 9.55 Å². The Morgan fingerprint density at radius 1 is 1.13 bits per heavy atom. The molecule has 2 aromatic heterocycles. The van der Waals surface area contributed by atoms with Crippen LogP contribution in [0.2, 0.25) is 0 Å². The van der Waals surface area contributed by atoms with Crippen molar-refractivity contribution in [2.24, 2.45) is 0 Å². The lowest BCUT2D eigenvalue weighted by Gasteiger charge is -2.09. The third-order valence-electron chi connectivity index (χ3n) is 4.36. The zero-order chi connectivity index (χ0) is 16.4. The third-order valence-corrected chi connectivity index (χ3v) is 4.36. The number of halogens is 1. The fourth-order valence-electron chi connectivity index (χ4n) is 3.04. The molecule has 0 bridgehead atoms. The monoisotopic (exact) mass is 311 g/mol. The second-order valence-electron chi connectivity index (χ2n) is 5.90. The average Bonchev–Trinajstić information content (AvgIpc) is 2.80. The average molecular weight is 311 g/mol. The zero-order valence-electron chi connectivity index (χ0n) is 13.9. The van der Waals surface area contributed by atoms with Gasteiger partial charge in [-0.2, -0.15) is 0 Å². The van der Waals surface area contributed by atoms with Gasteiger partial charge in [0.2, 0.25) is 0 Å². The van der Waals surface area contributed by atoms with E-state index in [1.54, 1.807) is 12.1 Å². The van der Waals surface area contributed by atoms with Crippen LogP contribution >= 0.6 is 0 Å². The second-order valence-corrected chi connectivity index (χ2v) is 5.90. The van der Waals surface area contributed by atoms with Gasteiger partial charge in [-0.05, 0) is 49.6 Å². The van der Waals surface area contributed by atoms with Crippen LogP contribution in [0.25, 0.3) is 10.9 Å². The highest BCUT2D eigenvalue weighted by Gasteiger charge is 2.14. The highest BCUT2D eigenvalue weighted by atomic mass is 19.1. The highest BCUT2D eigenvalue weighted by Crippen LogP contribution is 2.30. The Labute approximate surface area is 136 Å². The maximum Gasteiger partial charge on any atom is 0.135 e. The van der Waals surface area contributed by atoms with Gasteiger partial charge in [0, 0.05) is 30.4 Å². The maximum absolute atomic E-state index is 13.0. The van der Waals surface area contributed by atoms with Crippen LogP contribution < -0.4 is 5.32 Å². The molecule has 0 fully saturated rings. The Morgan fingerprint density at radius 2 is 1.87 bits per heavy atom. The summed E-state index contributed by atoms with van der Waals surface area (Å²) in [6.45, 7) is 8.14. The number of hydrogen-bond acceptors (Lipinski definition) is 2. The molecule has 0 spiro atoms. The van der Waals surface area contributed by atoms with Crippen LogP contribution in [0.5, 0.6) is 0 Å². The van der Waals surface area contributed by atoms with Crippen LogP contribution in [-0.2, 0) is 13.1 Å². The molecule has 0 atom stereocenters. The molecule has 0 radical (unpaired) electrons. The van der Waals surface area contributed by atoms with Gasteiger partial charge in [0.1, 0.15) is 11.6 Å². The van der Waals surface area contributed by atoms with E-state index < -0.39 is 0 Å². The van der Waals surface area contributed by atoms with Gasteiger partial charge >= 0.3 is 0 Å². The van der Waals surface area contributed by atoms with Crippen LogP contribution in [0.4, 0.5) is 10.2 Å². The molecule has 3 nitrogen and oxygen atoms in total. The Hall–Kier alpha value is -2.36. The van der Waals surface area contributed by atoms with Crippen molar-refractivity contribution in [3.63, 3.8) is 0 Å². The summed E-state index contributed by atoms with van der Waals surface area (Å²) >= 11 is 0. The summed E-state index contributed by atoms with van der Waals surface area (Å²) < 4.78 is 15.4. The predicted molar refractivity (Wildman–Crippen MR) is 93.2 cm³/mol. The molecule has 23 heavy (non-hydrogen) atoms. The largest absolute Gasteiger partial charge is 0.365 e. The molecule has 1 aromatic carbocycles. The minimum Gasteiger partial charge on any atom is -0.365 e. The molecule has 1 N–H and O–H groups in total. The first-order chi connectivity index (χ1) is 11.1. The van der Waals surface area contributed by atoms with Crippen LogP contribution in [0, 0.1) is 19.7 Å². The van der Waals surface area contributed by atoms with Crippen LogP contribution in [0.1, 0.15) is 30.2 Å². The van der Waals surface area contributed by atoms with Crippen molar-refractivity contribution in [3.05, 3.63) is 59.2 Å². The van der Waals surface area contributed by atoms with Gasteiger partial charge < -0.3 is 9.88 Å². The Kier molecular flexibility index (Phi) is 4.33. The number of nitrogens with one attached hydrogen (secondary N) is 1. The molecule has 3 aromatic rings. The summed E-state index contributed by atoms with van der Waals surface area (Å²) in [5.74, 6) is 0.680. The predicted octanol–water partition coefficient (Wildman–Crippen LogP) is 4.81. The fraction of sp³-hybridized carbons (Fsp3) is 0.316. The first-order valence-electron chi connectivity index (χ1n) is 8.04. The number of rotatable bonds is 5. The van der Waals surface area contributed by atoms with Crippen molar-refractivity contribution in [1.29, 1.82) is 0 Å². The molecular formula is C19H22FN3. The van der Waals surface area contributed by atoms with Gasteiger partial charge in [0.15, 0.2) is 0 Å². The first-order valence-corrected chi connectivity index (χ1v) is 8.04. The van der Waals surface area contributed by atoms with E-state index >= 15 is 0 Å². The highest BCUT2D eigenvalue weighted by molar-refractivity contribution is 5.94. The second kappa shape index (κ2) is 6.41. The summed E-state index contributed by atoms with van der Waals surface area (Å²) in [5, 5.41) is 4.58. The Balaban J connectivity index is 1.95. The quantitative estimate of drug-likeness (QED) is 0.732. The van der Waals surface area contributed by atoms with Gasteiger partial charge in [-0.3, -0.25) is 0 Å². The van der Waals surface area contributed by atoms with E-state index in [1.165, 1.54) is 34.3 Å². The van der Waals surface area contributed by atoms with Crippen molar-refractivity contribution in [2.75, 3.05) is 5.32 Å². The normalized spacial score (nSPS) is 11.1. The topological polar surface area (TPSA) is 29.9 Å². The van der Waals surface area contributed by atoms with Gasteiger partial charge in [0.05, 0.1) is 5.52 Å². The third kappa shape index (κ3) is 2.93. The molecule has 3 rings (SSSR count). The lowest BCUT2D eigenvalue weighted by molar-refractivity contribution is 0.627. The molecule has 0 aliphatic carbocycles. The molecule has 4 heteroatoms. The molecule has 0 aliphatic heterocycles. The van der Waals surface area contributed by atoms with Crippen molar-refractivity contribution < 1.29 is 4.39 Å². The van der Waals surface area contributed by atoms with Crippen LogP contribution in [0.3, 0.4) is 0 Å². The summed E-state index contributed by atoms with van der Waals surface area (Å²) in [4.78, 5) is 4.52. The summed E-state index contributed by atoms with van der Waals surface area (Å²) in [7, 11) is 0. The standard InChI is InChI=1S/C19H22FN3/c1-4-11-23-14(3)13(2)18-17(23)9-10-21-19(18)22-12-15-5-7-16(20)8-6-15/h5-10H,4,11-12H2,1-3H3,(H,21,22). The number of anilines is 1. The van der Waals surface area contributed by atoms with E-state index in [9.17, 15) is 4.39 Å². The maximum atomic E-state index is 13.0. The number of benzene rings is 1. The number of aryl methyl sites for hydroxylation is 2. The minimum absolute atomic E-state index is 0.211.